The number of benzene rings is 2. The van der Waals surface area contributed by atoms with E-state index in [-0.39, 0.29) is 21.1 Å². The second-order valence-electron chi connectivity index (χ2n) is 9.44. The van der Waals surface area contributed by atoms with Crippen molar-refractivity contribution < 1.29 is 34.7 Å². The third-order valence-electron chi connectivity index (χ3n) is 6.34. The van der Waals surface area contributed by atoms with Crippen LogP contribution in [0.2, 0.25) is 0 Å². The normalized spacial score (nSPS) is 10.6. The summed E-state index contributed by atoms with van der Waals surface area (Å²) in [6.45, 7) is 4.51. The molecule has 0 fully saturated rings. The van der Waals surface area contributed by atoms with Gasteiger partial charge in [0.15, 0.2) is 11.5 Å². The predicted octanol–water partition coefficient (Wildman–Crippen LogP) is 10.4. The van der Waals surface area contributed by atoms with Crippen LogP contribution in [0.25, 0.3) is 0 Å². The first-order valence-electron chi connectivity index (χ1n) is 13.7. The molecule has 0 aromatic heterocycles. The first-order chi connectivity index (χ1) is 16.7. The van der Waals surface area contributed by atoms with E-state index in [4.69, 9.17) is 9.05 Å². The molecular weight excluding hydrogens is 535 g/mol. The Balaban J connectivity index is 0.00000612. The number of unbranched alkanes of at least 4 members (excludes halogenated alkanes) is 12. The van der Waals surface area contributed by atoms with Gasteiger partial charge < -0.3 is 0 Å². The van der Waals surface area contributed by atoms with Gasteiger partial charge in [-0.05, 0) is 61.1 Å². The first-order valence-corrected chi connectivity index (χ1v) is 14.8. The molecule has 0 spiro atoms. The SMILES string of the molecule is CCCCCCCCCc1ccc(O[P+](=O)Oc2ccc(CCCCCCCCC)cc2)cc1.[Mo]. The number of rotatable bonds is 20. The van der Waals surface area contributed by atoms with Crippen molar-refractivity contribution in [2.45, 2.75) is 117 Å². The Morgan fingerprint density at radius 3 is 1.17 bits per heavy atom. The van der Waals surface area contributed by atoms with E-state index in [0.717, 1.165) is 12.8 Å². The molecule has 35 heavy (non-hydrogen) atoms. The minimum atomic E-state index is -2.24. The molecule has 0 radical (unpaired) electrons. The summed E-state index contributed by atoms with van der Waals surface area (Å²) in [6, 6.07) is 15.8. The van der Waals surface area contributed by atoms with Crippen molar-refractivity contribution >= 4 is 8.25 Å². The van der Waals surface area contributed by atoms with Crippen molar-refractivity contribution in [2.75, 3.05) is 0 Å². The fraction of sp³-hybridized carbons (Fsp3) is 0.600. The van der Waals surface area contributed by atoms with Crippen LogP contribution >= 0.6 is 8.25 Å². The number of hydrogen-bond acceptors (Lipinski definition) is 3. The molecule has 0 bridgehead atoms. The fourth-order valence-corrected chi connectivity index (χ4v) is 4.82. The van der Waals surface area contributed by atoms with Gasteiger partial charge in [0.1, 0.15) is 0 Å². The van der Waals surface area contributed by atoms with Crippen molar-refractivity contribution in [3.05, 3.63) is 59.7 Å². The van der Waals surface area contributed by atoms with Gasteiger partial charge in [0.2, 0.25) is 0 Å². The van der Waals surface area contributed by atoms with Crippen LogP contribution < -0.4 is 9.05 Å². The van der Waals surface area contributed by atoms with Crippen LogP contribution in [-0.2, 0) is 38.5 Å². The van der Waals surface area contributed by atoms with Crippen molar-refractivity contribution in [3.63, 3.8) is 0 Å². The molecule has 3 nitrogen and oxygen atoms in total. The molecule has 2 aromatic rings. The van der Waals surface area contributed by atoms with Crippen LogP contribution in [-0.4, -0.2) is 0 Å². The third-order valence-corrected chi connectivity index (χ3v) is 7.06. The maximum Gasteiger partial charge on any atom is 0.805 e. The van der Waals surface area contributed by atoms with Gasteiger partial charge in [0, 0.05) is 25.6 Å². The van der Waals surface area contributed by atoms with E-state index in [1.54, 1.807) is 0 Å². The second kappa shape index (κ2) is 21.0. The van der Waals surface area contributed by atoms with Gasteiger partial charge in [-0.1, -0.05) is 115 Å². The van der Waals surface area contributed by atoms with Gasteiger partial charge in [-0.15, -0.1) is 0 Å². The molecule has 0 saturated heterocycles. The maximum absolute atomic E-state index is 12.3. The quantitative estimate of drug-likeness (QED) is 0.0887. The molecule has 0 amide bonds. The molecule has 0 aliphatic rings. The number of aryl methyl sites for hydroxylation is 2. The molecule has 0 unspecified atom stereocenters. The summed E-state index contributed by atoms with van der Waals surface area (Å²) in [5.74, 6) is 1.17. The minimum absolute atomic E-state index is 0. The molecule has 2 rings (SSSR count). The van der Waals surface area contributed by atoms with Gasteiger partial charge in [-0.25, -0.2) is 9.05 Å². The molecule has 0 N–H and O–H groups in total. The average molecular weight is 582 g/mol. The Labute approximate surface area is 230 Å². The smallest absolute Gasteiger partial charge is 0.222 e. The Kier molecular flexibility index (Phi) is 19.1. The molecule has 0 aliphatic heterocycles. The summed E-state index contributed by atoms with van der Waals surface area (Å²) < 4.78 is 23.3. The van der Waals surface area contributed by atoms with E-state index in [0.29, 0.717) is 11.5 Å². The van der Waals surface area contributed by atoms with E-state index < -0.39 is 8.25 Å². The van der Waals surface area contributed by atoms with Crippen LogP contribution in [0.1, 0.15) is 115 Å². The molecule has 194 valence electrons. The van der Waals surface area contributed by atoms with Gasteiger partial charge >= 0.3 is 8.25 Å². The van der Waals surface area contributed by atoms with Crippen LogP contribution in [0.5, 0.6) is 11.5 Å². The van der Waals surface area contributed by atoms with E-state index in [2.05, 4.69) is 38.1 Å². The van der Waals surface area contributed by atoms with Gasteiger partial charge in [0.25, 0.3) is 0 Å². The van der Waals surface area contributed by atoms with Crippen LogP contribution in [0, 0.1) is 0 Å². The molecule has 0 atom stereocenters. The summed E-state index contributed by atoms with van der Waals surface area (Å²) in [5.41, 5.74) is 2.60. The van der Waals surface area contributed by atoms with Crippen LogP contribution in [0.4, 0.5) is 0 Å². The maximum atomic E-state index is 12.3. The summed E-state index contributed by atoms with van der Waals surface area (Å²) in [4.78, 5) is 0. The molecule has 5 heteroatoms. The van der Waals surface area contributed by atoms with Crippen molar-refractivity contribution in [3.8, 4) is 11.5 Å². The molecule has 0 heterocycles. The Hall–Kier alpha value is -1.17. The Bertz CT molecular complexity index is 712. The zero-order chi connectivity index (χ0) is 24.3. The minimum Gasteiger partial charge on any atom is -0.222 e. The summed E-state index contributed by atoms with van der Waals surface area (Å²) in [5, 5.41) is 0. The summed E-state index contributed by atoms with van der Waals surface area (Å²) in [6.07, 6.45) is 20.6. The van der Waals surface area contributed by atoms with E-state index >= 15 is 0 Å². The second-order valence-corrected chi connectivity index (χ2v) is 10.2. The standard InChI is InChI=1S/C30H46O3P.Mo/c1-3-5-7-9-11-13-15-17-27-19-23-29(24-20-27)32-34(31)33-30-25-21-28(22-26-30)18-16-14-12-10-8-6-4-2;/h19-26H,3-18H2,1-2H3;/q+1;. The van der Waals surface area contributed by atoms with Crippen molar-refractivity contribution in [1.29, 1.82) is 0 Å². The van der Waals surface area contributed by atoms with Crippen molar-refractivity contribution in [1.82, 2.24) is 0 Å². The van der Waals surface area contributed by atoms with E-state index in [1.165, 1.54) is 101 Å². The Morgan fingerprint density at radius 2 is 0.829 bits per heavy atom. The summed E-state index contributed by atoms with van der Waals surface area (Å²) >= 11 is 0. The zero-order valence-electron chi connectivity index (χ0n) is 22.0. The third kappa shape index (κ3) is 15.5. The van der Waals surface area contributed by atoms with Gasteiger partial charge in [0.05, 0.1) is 0 Å². The van der Waals surface area contributed by atoms with E-state index in [1.807, 2.05) is 24.3 Å². The monoisotopic (exact) mass is 583 g/mol. The van der Waals surface area contributed by atoms with Gasteiger partial charge in [-0.2, -0.15) is 0 Å². The predicted molar refractivity (Wildman–Crippen MR) is 145 cm³/mol. The van der Waals surface area contributed by atoms with Crippen molar-refractivity contribution in [2.24, 2.45) is 0 Å². The largest absolute Gasteiger partial charge is 0.805 e. The van der Waals surface area contributed by atoms with Crippen LogP contribution in [0.15, 0.2) is 48.5 Å². The average Bonchev–Trinajstić information content (AvgIpc) is 2.85. The first kappa shape index (κ1) is 31.9. The zero-order valence-corrected chi connectivity index (χ0v) is 24.9. The fourth-order valence-electron chi connectivity index (χ4n) is 4.20. The van der Waals surface area contributed by atoms with E-state index in [9.17, 15) is 4.57 Å². The Morgan fingerprint density at radius 1 is 0.514 bits per heavy atom. The number of hydrogen-bond donors (Lipinski definition) is 0. The molecule has 0 aliphatic carbocycles. The van der Waals surface area contributed by atoms with Crippen LogP contribution in [0.3, 0.4) is 0 Å². The molecule has 0 saturated carbocycles. The van der Waals surface area contributed by atoms with Gasteiger partial charge in [-0.3, -0.25) is 0 Å². The molecular formula is C30H46MoO3P+. The summed E-state index contributed by atoms with van der Waals surface area (Å²) in [7, 11) is -2.24. The topological polar surface area (TPSA) is 35.5 Å². The molecule has 2 aromatic carbocycles.